The van der Waals surface area contributed by atoms with Crippen LogP contribution in [0, 0.1) is 0 Å². The van der Waals surface area contributed by atoms with Crippen molar-refractivity contribution in [3.05, 3.63) is 60.0 Å². The highest BCUT2D eigenvalue weighted by Crippen LogP contribution is 2.25. The number of pyridine rings is 1. The van der Waals surface area contributed by atoms with E-state index in [4.69, 9.17) is 4.74 Å². The molecule has 0 saturated heterocycles. The third kappa shape index (κ3) is 4.00. The van der Waals surface area contributed by atoms with Crippen LogP contribution in [0.2, 0.25) is 0 Å². The van der Waals surface area contributed by atoms with E-state index in [-0.39, 0.29) is 0 Å². The molecule has 0 fully saturated rings. The minimum Gasteiger partial charge on any atom is -0.465 e. The Morgan fingerprint density at radius 1 is 1.31 bits per heavy atom. The van der Waals surface area contributed by atoms with Gasteiger partial charge in [0.15, 0.2) is 11.0 Å². The first-order chi connectivity index (χ1) is 12.7. The van der Waals surface area contributed by atoms with E-state index in [1.807, 2.05) is 33.2 Å². The Bertz CT molecular complexity index is 907. The summed E-state index contributed by atoms with van der Waals surface area (Å²) >= 11 is 0. The summed E-state index contributed by atoms with van der Waals surface area (Å²) in [4.78, 5) is 16.4. The molecule has 6 nitrogen and oxygen atoms in total. The molecule has 0 aliphatic carbocycles. The molecule has 3 aromatic rings. The molecule has 1 atom stereocenters. The molecule has 7 heteroatoms. The number of nitrogens with zero attached hydrogens (tertiary/aromatic N) is 2. The largest absolute Gasteiger partial charge is 0.465 e. The van der Waals surface area contributed by atoms with Crippen molar-refractivity contribution in [3.63, 3.8) is 0 Å². The normalized spacial score (nSPS) is 11.5. The molecule has 2 heterocycles. The predicted molar refractivity (Wildman–Crippen MR) is 103 cm³/mol. The molecule has 0 aliphatic rings. The van der Waals surface area contributed by atoms with Gasteiger partial charge in [0.2, 0.25) is 0 Å². The molecule has 0 amide bonds. The number of esters is 1. The number of nitrogens with one attached hydrogen (secondary N) is 1. The molecular weight excluding hydrogens is 350 g/mol. The van der Waals surface area contributed by atoms with Gasteiger partial charge in [-0.15, -0.1) is 0 Å². The van der Waals surface area contributed by atoms with Crippen LogP contribution in [-0.2, 0) is 22.3 Å². The zero-order valence-corrected chi connectivity index (χ0v) is 16.2. The van der Waals surface area contributed by atoms with Crippen molar-refractivity contribution in [1.29, 1.82) is 0 Å². The minimum atomic E-state index is -1.45. The monoisotopic (exact) mass is 373 g/mol. The first-order valence-corrected chi connectivity index (χ1v) is 9.45. The predicted octanol–water partition coefficient (Wildman–Crippen LogP) is 3.14. The summed E-state index contributed by atoms with van der Waals surface area (Å²) in [7, 11) is 1.74. The molecule has 0 aliphatic heterocycles. The highest BCUT2D eigenvalue weighted by molar-refractivity contribution is 7.83. The van der Waals surface area contributed by atoms with Crippen molar-refractivity contribution in [2.75, 3.05) is 14.2 Å². The molecule has 1 aromatic carbocycles. The van der Waals surface area contributed by atoms with Crippen LogP contribution in [0.4, 0.5) is 0 Å². The quantitative estimate of drug-likeness (QED) is 0.696. The molecule has 0 spiro atoms. The van der Waals surface area contributed by atoms with Gasteiger partial charge in [-0.1, -0.05) is 19.9 Å². The third-order valence-electron chi connectivity index (χ3n) is 3.66. The standard InChI is InChI=1S/C17H17N3O3S.C2H6/c1-18-9-13-11-20(24(22)14-4-3-7-19-10-14)16-8-12(17(21)23-2)5-6-15(13)16;1-2/h3-8,10-11,18H,9H2,1-2H3;1-2H3. The Labute approximate surface area is 155 Å². The maximum atomic E-state index is 12.9. The Kier molecular flexibility index (Phi) is 7.06. The molecule has 26 heavy (non-hydrogen) atoms. The zero-order valence-electron chi connectivity index (χ0n) is 15.4. The number of aromatic nitrogens is 2. The van der Waals surface area contributed by atoms with E-state index in [1.54, 1.807) is 40.6 Å². The van der Waals surface area contributed by atoms with E-state index in [0.717, 1.165) is 10.9 Å². The highest BCUT2D eigenvalue weighted by atomic mass is 32.2. The summed E-state index contributed by atoms with van der Waals surface area (Å²) < 4.78 is 19.4. The van der Waals surface area contributed by atoms with E-state index >= 15 is 0 Å². The molecule has 0 bridgehead atoms. The van der Waals surface area contributed by atoms with Crippen LogP contribution in [0.25, 0.3) is 10.9 Å². The SMILES string of the molecule is CC.CNCc1cn(S(=O)c2cccnc2)c2cc(C(=O)OC)ccc12. The van der Waals surface area contributed by atoms with Crippen molar-refractivity contribution in [1.82, 2.24) is 14.3 Å². The van der Waals surface area contributed by atoms with Crippen LogP contribution < -0.4 is 5.32 Å². The maximum absolute atomic E-state index is 12.9. The second kappa shape index (κ2) is 9.26. The molecule has 0 saturated carbocycles. The maximum Gasteiger partial charge on any atom is 0.337 e. The number of hydrogen-bond donors (Lipinski definition) is 1. The van der Waals surface area contributed by atoms with Crippen molar-refractivity contribution in [3.8, 4) is 0 Å². The van der Waals surface area contributed by atoms with Crippen molar-refractivity contribution in [2.24, 2.45) is 0 Å². The molecule has 138 valence electrons. The van der Waals surface area contributed by atoms with E-state index in [0.29, 0.717) is 22.5 Å². The van der Waals surface area contributed by atoms with Gasteiger partial charge < -0.3 is 10.1 Å². The van der Waals surface area contributed by atoms with Gasteiger partial charge in [-0.25, -0.2) is 9.00 Å². The molecule has 2 aromatic heterocycles. The van der Waals surface area contributed by atoms with E-state index in [1.165, 1.54) is 7.11 Å². The second-order valence-corrected chi connectivity index (χ2v) is 6.53. The first-order valence-electron chi connectivity index (χ1n) is 8.35. The lowest BCUT2D eigenvalue weighted by atomic mass is 10.1. The fraction of sp³-hybridized carbons (Fsp3) is 0.263. The lowest BCUT2D eigenvalue weighted by Gasteiger charge is -2.06. The summed E-state index contributed by atoms with van der Waals surface area (Å²) in [6.45, 7) is 4.63. The Balaban J connectivity index is 0.00000117. The van der Waals surface area contributed by atoms with Gasteiger partial charge in [0.1, 0.15) is 0 Å². The Morgan fingerprint density at radius 2 is 2.08 bits per heavy atom. The van der Waals surface area contributed by atoms with Crippen molar-refractivity contribution in [2.45, 2.75) is 25.3 Å². The van der Waals surface area contributed by atoms with Gasteiger partial charge in [0.05, 0.1) is 23.1 Å². The van der Waals surface area contributed by atoms with Gasteiger partial charge in [-0.3, -0.25) is 8.96 Å². The van der Waals surface area contributed by atoms with Crippen LogP contribution in [0.15, 0.2) is 53.8 Å². The van der Waals surface area contributed by atoms with Gasteiger partial charge in [-0.05, 0) is 36.9 Å². The molecule has 1 unspecified atom stereocenters. The summed E-state index contributed by atoms with van der Waals surface area (Å²) in [6, 6.07) is 8.77. The third-order valence-corrected chi connectivity index (χ3v) is 4.96. The van der Waals surface area contributed by atoms with Crippen molar-refractivity contribution < 1.29 is 13.7 Å². The summed E-state index contributed by atoms with van der Waals surface area (Å²) in [5, 5.41) is 4.04. The van der Waals surface area contributed by atoms with E-state index in [9.17, 15) is 9.00 Å². The zero-order chi connectivity index (χ0) is 19.1. The van der Waals surface area contributed by atoms with Gasteiger partial charge in [0, 0.05) is 30.5 Å². The van der Waals surface area contributed by atoms with Gasteiger partial charge in [0.25, 0.3) is 0 Å². The lowest BCUT2D eigenvalue weighted by molar-refractivity contribution is 0.0601. The van der Waals surface area contributed by atoms with Gasteiger partial charge in [-0.2, -0.15) is 0 Å². The molecular formula is C19H23N3O3S. The molecule has 3 rings (SSSR count). The fourth-order valence-electron chi connectivity index (χ4n) is 2.54. The van der Waals surface area contributed by atoms with Crippen LogP contribution in [0.5, 0.6) is 0 Å². The topological polar surface area (TPSA) is 73.2 Å². The second-order valence-electron chi connectivity index (χ2n) is 5.17. The van der Waals surface area contributed by atoms with Crippen molar-refractivity contribution >= 4 is 27.9 Å². The number of rotatable bonds is 5. The smallest absolute Gasteiger partial charge is 0.337 e. The number of methoxy groups -OCH3 is 1. The summed E-state index contributed by atoms with van der Waals surface area (Å²) in [5.74, 6) is -0.424. The van der Waals surface area contributed by atoms with Crippen LogP contribution >= 0.6 is 0 Å². The minimum absolute atomic E-state index is 0.420. The summed E-state index contributed by atoms with van der Waals surface area (Å²) in [6.07, 6.45) is 5.05. The number of hydrogen-bond acceptors (Lipinski definition) is 5. The first kappa shape index (κ1) is 19.8. The number of fused-ring (bicyclic) bond motifs is 1. The average Bonchev–Trinajstić information content (AvgIpc) is 3.07. The van der Waals surface area contributed by atoms with E-state index in [2.05, 4.69) is 10.3 Å². The van der Waals surface area contributed by atoms with E-state index < -0.39 is 17.0 Å². The Morgan fingerprint density at radius 3 is 2.69 bits per heavy atom. The van der Waals surface area contributed by atoms with Crippen LogP contribution in [-0.4, -0.2) is 33.3 Å². The van der Waals surface area contributed by atoms with Gasteiger partial charge >= 0.3 is 5.97 Å². The summed E-state index contributed by atoms with van der Waals surface area (Å²) in [5.41, 5.74) is 2.13. The number of carbonyl (C=O) groups is 1. The molecule has 0 radical (unpaired) electrons. The Hall–Kier alpha value is -2.51. The molecule has 1 N–H and O–H groups in total. The average molecular weight is 373 g/mol. The number of ether oxygens (including phenoxy) is 1. The highest BCUT2D eigenvalue weighted by Gasteiger charge is 2.16. The van der Waals surface area contributed by atoms with Crippen LogP contribution in [0.3, 0.4) is 0 Å². The fourth-order valence-corrected chi connectivity index (χ4v) is 3.67. The number of benzene rings is 1. The lowest BCUT2D eigenvalue weighted by Crippen LogP contribution is -2.06. The van der Waals surface area contributed by atoms with Crippen LogP contribution in [0.1, 0.15) is 29.8 Å². The number of carbonyl (C=O) groups excluding carboxylic acids is 1.